The minimum Gasteiger partial charge on any atom is -0.506 e. The zero-order valence-electron chi connectivity index (χ0n) is 10.4. The number of hydrogen-bond acceptors (Lipinski definition) is 3. The van der Waals surface area contributed by atoms with Crippen molar-refractivity contribution in [2.24, 2.45) is 11.7 Å². The molecule has 4 N–H and O–H groups in total. The van der Waals surface area contributed by atoms with Gasteiger partial charge in [-0.15, -0.1) is 12.4 Å². The molecule has 0 aliphatic heterocycles. The number of rotatable bonds is 3. The highest BCUT2D eigenvalue weighted by molar-refractivity contribution is 9.11. The zero-order valence-corrected chi connectivity index (χ0v) is 14.3. The van der Waals surface area contributed by atoms with E-state index in [2.05, 4.69) is 31.9 Å². The summed E-state index contributed by atoms with van der Waals surface area (Å²) in [6.45, 7) is 0. The fraction of sp³-hybridized carbons (Fsp3) is 0.538. The first-order chi connectivity index (χ1) is 8.50. The lowest BCUT2D eigenvalue weighted by atomic mass is 9.91. The van der Waals surface area contributed by atoms with Crippen molar-refractivity contribution in [1.29, 1.82) is 0 Å². The van der Waals surface area contributed by atoms with Crippen LogP contribution in [0.1, 0.15) is 37.3 Å². The van der Waals surface area contributed by atoms with Crippen LogP contribution in [0.2, 0.25) is 0 Å². The van der Waals surface area contributed by atoms with Crippen LogP contribution in [0.25, 0.3) is 0 Å². The minimum atomic E-state index is -0.518. The van der Waals surface area contributed by atoms with Gasteiger partial charge in [0, 0.05) is 0 Å². The molecule has 0 spiro atoms. The molecule has 0 amide bonds. The molecule has 3 nitrogen and oxygen atoms in total. The molecule has 0 radical (unpaired) electrons. The Labute approximate surface area is 136 Å². The average molecular weight is 416 g/mol. The second-order valence-corrected chi connectivity index (χ2v) is 6.60. The fourth-order valence-corrected chi connectivity index (χ4v) is 3.79. The molecule has 108 valence electrons. The Morgan fingerprint density at radius 3 is 2.11 bits per heavy atom. The number of hydrogen-bond donors (Lipinski definition) is 3. The summed E-state index contributed by atoms with van der Waals surface area (Å²) in [7, 11) is 0. The first-order valence-corrected chi connectivity index (χ1v) is 7.71. The van der Waals surface area contributed by atoms with Gasteiger partial charge in [0.2, 0.25) is 0 Å². The van der Waals surface area contributed by atoms with Gasteiger partial charge in [0.1, 0.15) is 5.75 Å². The van der Waals surface area contributed by atoms with Gasteiger partial charge >= 0.3 is 0 Å². The standard InChI is InChI=1S/C13H17Br2NO2.ClH/c14-9-5-8(6-10(15)13(9)18)11(16)12(17)7-3-1-2-4-7;/h5-7,11-12,17-18H,1-4,16H2;1H/t11-,12+;/m1./s1. The maximum Gasteiger partial charge on any atom is 0.143 e. The summed E-state index contributed by atoms with van der Waals surface area (Å²) in [5.74, 6) is 0.452. The van der Waals surface area contributed by atoms with Crippen LogP contribution in [0.4, 0.5) is 0 Å². The molecule has 6 heteroatoms. The summed E-state index contributed by atoms with van der Waals surface area (Å²) in [5, 5.41) is 20.0. The summed E-state index contributed by atoms with van der Waals surface area (Å²) < 4.78 is 1.17. The van der Waals surface area contributed by atoms with Crippen LogP contribution in [-0.4, -0.2) is 16.3 Å². The van der Waals surface area contributed by atoms with Gasteiger partial charge in [-0.05, 0) is 68.3 Å². The fourth-order valence-electron chi connectivity index (χ4n) is 2.57. The molecule has 0 aromatic heterocycles. The third kappa shape index (κ3) is 3.85. The Kier molecular flexibility index (Phi) is 6.60. The lowest BCUT2D eigenvalue weighted by molar-refractivity contribution is 0.0844. The van der Waals surface area contributed by atoms with Crippen molar-refractivity contribution in [3.05, 3.63) is 26.6 Å². The van der Waals surface area contributed by atoms with Gasteiger partial charge in [0.05, 0.1) is 21.1 Å². The Hall–Kier alpha value is 0.190. The lowest BCUT2D eigenvalue weighted by Crippen LogP contribution is -2.31. The molecule has 1 fully saturated rings. The van der Waals surface area contributed by atoms with Crippen molar-refractivity contribution in [3.63, 3.8) is 0 Å². The molecule has 19 heavy (non-hydrogen) atoms. The number of phenolic OH excluding ortho intramolecular Hbond substituents is 1. The Bertz CT molecular complexity index is 416. The molecule has 1 saturated carbocycles. The van der Waals surface area contributed by atoms with Crippen LogP contribution in [0.5, 0.6) is 5.75 Å². The number of aromatic hydroxyl groups is 1. The molecule has 2 rings (SSSR count). The summed E-state index contributed by atoms with van der Waals surface area (Å²) in [6, 6.07) is 3.12. The maximum absolute atomic E-state index is 10.3. The van der Waals surface area contributed by atoms with Gasteiger partial charge in [-0.2, -0.15) is 0 Å². The number of nitrogens with two attached hydrogens (primary N) is 1. The summed E-state index contributed by atoms with van der Waals surface area (Å²) >= 11 is 6.56. The highest BCUT2D eigenvalue weighted by Crippen LogP contribution is 2.37. The second kappa shape index (κ2) is 7.27. The Balaban J connectivity index is 0.00000180. The van der Waals surface area contributed by atoms with Crippen molar-refractivity contribution in [2.75, 3.05) is 0 Å². The van der Waals surface area contributed by atoms with Crippen molar-refractivity contribution >= 4 is 44.3 Å². The third-order valence-corrected chi connectivity index (χ3v) is 4.88. The van der Waals surface area contributed by atoms with Crippen LogP contribution in [0.3, 0.4) is 0 Å². The molecule has 0 bridgehead atoms. The Morgan fingerprint density at radius 1 is 1.16 bits per heavy atom. The van der Waals surface area contributed by atoms with Gasteiger partial charge in [-0.1, -0.05) is 12.8 Å². The van der Waals surface area contributed by atoms with E-state index in [4.69, 9.17) is 5.73 Å². The van der Waals surface area contributed by atoms with Crippen LogP contribution >= 0.6 is 44.3 Å². The quantitative estimate of drug-likeness (QED) is 0.702. The van der Waals surface area contributed by atoms with E-state index < -0.39 is 12.1 Å². The van der Waals surface area contributed by atoms with Crippen molar-refractivity contribution in [1.82, 2.24) is 0 Å². The molecule has 0 heterocycles. The van der Waals surface area contributed by atoms with Gasteiger partial charge in [-0.25, -0.2) is 0 Å². The van der Waals surface area contributed by atoms with Crippen molar-refractivity contribution in [3.8, 4) is 5.75 Å². The number of aliphatic hydroxyl groups is 1. The van der Waals surface area contributed by atoms with E-state index in [-0.39, 0.29) is 18.2 Å². The molecular formula is C13H18Br2ClNO2. The minimum absolute atomic E-state index is 0. The lowest BCUT2D eigenvalue weighted by Gasteiger charge is -2.25. The van der Waals surface area contributed by atoms with Gasteiger partial charge in [0.25, 0.3) is 0 Å². The van der Waals surface area contributed by atoms with Crippen molar-refractivity contribution < 1.29 is 10.2 Å². The van der Waals surface area contributed by atoms with E-state index >= 15 is 0 Å². The number of phenols is 1. The molecule has 0 saturated heterocycles. The highest BCUT2D eigenvalue weighted by atomic mass is 79.9. The zero-order chi connectivity index (χ0) is 13.3. The van der Waals surface area contributed by atoms with Gasteiger partial charge < -0.3 is 15.9 Å². The van der Waals surface area contributed by atoms with E-state index in [1.807, 2.05) is 0 Å². The number of benzene rings is 1. The third-order valence-electron chi connectivity index (χ3n) is 3.67. The number of aliphatic hydroxyl groups excluding tert-OH is 1. The van der Waals surface area contributed by atoms with Crippen LogP contribution in [0, 0.1) is 5.92 Å². The largest absolute Gasteiger partial charge is 0.506 e. The average Bonchev–Trinajstić information content (AvgIpc) is 2.87. The van der Waals surface area contributed by atoms with Crippen LogP contribution in [-0.2, 0) is 0 Å². The van der Waals surface area contributed by atoms with E-state index in [0.29, 0.717) is 14.9 Å². The molecular weight excluding hydrogens is 397 g/mol. The topological polar surface area (TPSA) is 66.5 Å². The summed E-state index contributed by atoms with van der Waals surface area (Å²) in [6.07, 6.45) is 3.94. The predicted molar refractivity (Wildman–Crippen MR) is 85.6 cm³/mol. The highest BCUT2D eigenvalue weighted by Gasteiger charge is 2.29. The number of halogens is 3. The predicted octanol–water partition coefficient (Wildman–Crippen LogP) is 3.89. The monoisotopic (exact) mass is 413 g/mol. The second-order valence-electron chi connectivity index (χ2n) is 4.89. The Morgan fingerprint density at radius 2 is 1.63 bits per heavy atom. The molecule has 1 aromatic rings. The first-order valence-electron chi connectivity index (χ1n) is 6.12. The molecule has 1 aromatic carbocycles. The van der Waals surface area contributed by atoms with Gasteiger partial charge in [0.15, 0.2) is 0 Å². The van der Waals surface area contributed by atoms with E-state index in [1.165, 1.54) is 12.8 Å². The summed E-state index contributed by atoms with van der Waals surface area (Å²) in [4.78, 5) is 0. The maximum atomic E-state index is 10.3. The molecule has 1 aliphatic carbocycles. The molecule has 1 aliphatic rings. The first kappa shape index (κ1) is 17.2. The van der Waals surface area contributed by atoms with Crippen molar-refractivity contribution in [2.45, 2.75) is 37.8 Å². The molecule has 2 atom stereocenters. The van der Waals surface area contributed by atoms with E-state index in [9.17, 15) is 10.2 Å². The van der Waals surface area contributed by atoms with E-state index in [0.717, 1.165) is 18.4 Å². The van der Waals surface area contributed by atoms with Crippen LogP contribution < -0.4 is 5.73 Å². The SMILES string of the molecule is Cl.N[C@H](c1cc(Br)c(O)c(Br)c1)[C@@H](O)C1CCCC1. The normalized spacial score (nSPS) is 18.9. The smallest absolute Gasteiger partial charge is 0.143 e. The van der Waals surface area contributed by atoms with Gasteiger partial charge in [-0.3, -0.25) is 0 Å². The van der Waals surface area contributed by atoms with Crippen LogP contribution in [0.15, 0.2) is 21.1 Å². The van der Waals surface area contributed by atoms with E-state index in [1.54, 1.807) is 12.1 Å². The molecule has 0 unspecified atom stereocenters. The summed E-state index contributed by atoms with van der Waals surface area (Å²) in [5.41, 5.74) is 6.96.